The van der Waals surface area contributed by atoms with Crippen molar-refractivity contribution in [2.24, 2.45) is 17.8 Å². The van der Waals surface area contributed by atoms with Gasteiger partial charge in [-0.1, -0.05) is 35.0 Å². The van der Waals surface area contributed by atoms with E-state index in [-0.39, 0.29) is 5.97 Å². The van der Waals surface area contributed by atoms with Crippen LogP contribution in [0.5, 0.6) is 0 Å². The molecule has 3 heteroatoms. The maximum atomic E-state index is 11.5. The lowest BCUT2D eigenvalue weighted by molar-refractivity contribution is -0.137. The lowest BCUT2D eigenvalue weighted by Gasteiger charge is -2.42. The van der Waals surface area contributed by atoms with Gasteiger partial charge < -0.3 is 4.74 Å². The molecule has 0 radical (unpaired) electrons. The normalized spacial score (nSPS) is 34.9. The summed E-state index contributed by atoms with van der Waals surface area (Å²) in [5.41, 5.74) is 0.825. The van der Waals surface area contributed by atoms with E-state index in [2.05, 4.69) is 22.9 Å². The maximum Gasteiger partial charge on any atom is 0.334 e. The van der Waals surface area contributed by atoms with Gasteiger partial charge in [0, 0.05) is 5.57 Å². The van der Waals surface area contributed by atoms with Gasteiger partial charge in [0.15, 0.2) is 0 Å². The van der Waals surface area contributed by atoms with E-state index in [1.807, 2.05) is 12.2 Å². The van der Waals surface area contributed by atoms with Crippen molar-refractivity contribution in [1.29, 1.82) is 0 Å². The van der Waals surface area contributed by atoms with Gasteiger partial charge >= 0.3 is 5.97 Å². The fourth-order valence-electron chi connectivity index (χ4n) is 2.32. The molecule has 0 N–H and O–H groups in total. The van der Waals surface area contributed by atoms with Crippen molar-refractivity contribution in [2.75, 3.05) is 7.11 Å². The first-order valence-electron chi connectivity index (χ1n) is 4.80. The Morgan fingerprint density at radius 3 is 2.79 bits per heavy atom. The van der Waals surface area contributed by atoms with Crippen LogP contribution in [0.3, 0.4) is 0 Å². The van der Waals surface area contributed by atoms with E-state index in [4.69, 9.17) is 4.74 Å². The Hall–Kier alpha value is -0.570. The van der Waals surface area contributed by atoms with Gasteiger partial charge in [-0.2, -0.15) is 0 Å². The molecule has 3 unspecified atom stereocenters. The van der Waals surface area contributed by atoms with Crippen molar-refractivity contribution in [2.45, 2.75) is 13.3 Å². The Morgan fingerprint density at radius 1 is 1.50 bits per heavy atom. The zero-order valence-corrected chi connectivity index (χ0v) is 9.87. The Labute approximate surface area is 92.1 Å². The SMILES string of the molecule is COC(=O)C1=CC=C(Br)C2CC1C2C. The minimum atomic E-state index is -0.182. The average Bonchev–Trinajstić information content (AvgIpc) is 2.42. The summed E-state index contributed by atoms with van der Waals surface area (Å²) in [5, 5.41) is 0. The summed E-state index contributed by atoms with van der Waals surface area (Å²) in [7, 11) is 1.44. The number of carbonyl (C=O) groups is 1. The summed E-state index contributed by atoms with van der Waals surface area (Å²) in [4.78, 5) is 11.5. The van der Waals surface area contributed by atoms with Gasteiger partial charge in [-0.25, -0.2) is 4.79 Å². The van der Waals surface area contributed by atoms with Crippen molar-refractivity contribution in [3.05, 3.63) is 22.2 Å². The molecular weight excluding hydrogens is 244 g/mol. The summed E-state index contributed by atoms with van der Waals surface area (Å²) in [6, 6.07) is 0. The average molecular weight is 257 g/mol. The zero-order valence-electron chi connectivity index (χ0n) is 8.29. The third-order valence-corrected chi connectivity index (χ3v) is 4.23. The molecule has 2 nitrogen and oxygen atoms in total. The molecule has 0 aromatic heterocycles. The highest BCUT2D eigenvalue weighted by Crippen LogP contribution is 2.51. The molecule has 0 heterocycles. The van der Waals surface area contributed by atoms with Crippen LogP contribution >= 0.6 is 15.9 Å². The number of ether oxygens (including phenoxy) is 1. The first-order chi connectivity index (χ1) is 6.65. The van der Waals surface area contributed by atoms with Gasteiger partial charge in [-0.05, 0) is 28.7 Å². The summed E-state index contributed by atoms with van der Waals surface area (Å²) >= 11 is 3.54. The molecule has 2 bridgehead atoms. The summed E-state index contributed by atoms with van der Waals surface area (Å²) < 4.78 is 5.98. The van der Waals surface area contributed by atoms with Crippen molar-refractivity contribution < 1.29 is 9.53 Å². The minimum absolute atomic E-state index is 0.182. The topological polar surface area (TPSA) is 26.3 Å². The van der Waals surface area contributed by atoms with Crippen LogP contribution in [0.4, 0.5) is 0 Å². The summed E-state index contributed by atoms with van der Waals surface area (Å²) in [6.07, 6.45) is 4.95. The molecular formula is C11H13BrO2. The van der Waals surface area contributed by atoms with E-state index in [0.29, 0.717) is 17.8 Å². The predicted octanol–water partition coefficient (Wildman–Crippen LogP) is 2.65. The van der Waals surface area contributed by atoms with E-state index in [0.717, 1.165) is 12.0 Å². The van der Waals surface area contributed by atoms with Crippen LogP contribution < -0.4 is 0 Å². The summed E-state index contributed by atoms with van der Waals surface area (Å²) in [5.74, 6) is 1.35. The predicted molar refractivity (Wildman–Crippen MR) is 57.9 cm³/mol. The molecule has 0 spiro atoms. The standard InChI is InChI=1S/C11H13BrO2/c1-6-8-5-9(6)10(12)4-3-7(8)11(13)14-2/h3-4,6,8-9H,5H2,1-2H3. The number of fused-ring (bicyclic) bond motifs is 1. The van der Waals surface area contributed by atoms with Crippen LogP contribution in [0.1, 0.15) is 13.3 Å². The maximum absolute atomic E-state index is 11.5. The van der Waals surface area contributed by atoms with Crippen molar-refractivity contribution >= 4 is 21.9 Å². The van der Waals surface area contributed by atoms with Crippen LogP contribution in [-0.2, 0) is 9.53 Å². The third-order valence-electron chi connectivity index (χ3n) is 3.37. The number of methoxy groups -OCH3 is 1. The first kappa shape index (κ1) is 9.97. The molecule has 3 atom stereocenters. The van der Waals surface area contributed by atoms with Gasteiger partial charge in [-0.15, -0.1) is 0 Å². The third kappa shape index (κ3) is 1.34. The number of allylic oxidation sites excluding steroid dienone is 3. The molecule has 0 aromatic carbocycles. The fraction of sp³-hybridized carbons (Fsp3) is 0.545. The van der Waals surface area contributed by atoms with E-state index in [9.17, 15) is 4.79 Å². The van der Waals surface area contributed by atoms with Gasteiger partial charge in [0.25, 0.3) is 0 Å². The lowest BCUT2D eigenvalue weighted by Crippen LogP contribution is -2.37. The number of esters is 1. The second-order valence-corrected chi connectivity index (χ2v) is 4.89. The van der Waals surface area contributed by atoms with Crippen LogP contribution in [-0.4, -0.2) is 13.1 Å². The van der Waals surface area contributed by atoms with Crippen LogP contribution in [0, 0.1) is 17.8 Å². The molecule has 0 aromatic rings. The van der Waals surface area contributed by atoms with Gasteiger partial charge in [-0.3, -0.25) is 0 Å². The second kappa shape index (κ2) is 3.54. The molecule has 3 rings (SSSR count). The number of hydrogen-bond donors (Lipinski definition) is 0. The van der Waals surface area contributed by atoms with Crippen LogP contribution in [0.25, 0.3) is 0 Å². The quantitative estimate of drug-likeness (QED) is 0.675. The van der Waals surface area contributed by atoms with Crippen molar-refractivity contribution in [1.82, 2.24) is 0 Å². The van der Waals surface area contributed by atoms with E-state index < -0.39 is 0 Å². The molecule has 0 aliphatic heterocycles. The van der Waals surface area contributed by atoms with E-state index in [1.54, 1.807) is 0 Å². The Bertz CT molecular complexity index is 330. The number of carbonyl (C=O) groups excluding carboxylic acids is 1. The summed E-state index contributed by atoms with van der Waals surface area (Å²) in [6.45, 7) is 2.19. The van der Waals surface area contributed by atoms with Crippen LogP contribution in [0.2, 0.25) is 0 Å². The zero-order chi connectivity index (χ0) is 10.3. The molecule has 1 saturated carbocycles. The van der Waals surface area contributed by atoms with Gasteiger partial charge in [0.1, 0.15) is 0 Å². The molecule has 0 amide bonds. The fourth-order valence-corrected chi connectivity index (χ4v) is 3.05. The van der Waals surface area contributed by atoms with Crippen molar-refractivity contribution in [3.63, 3.8) is 0 Å². The van der Waals surface area contributed by atoms with Crippen molar-refractivity contribution in [3.8, 4) is 0 Å². The lowest BCUT2D eigenvalue weighted by atomic mass is 9.64. The Kier molecular flexibility index (Phi) is 2.52. The van der Waals surface area contributed by atoms with E-state index in [1.165, 1.54) is 11.6 Å². The monoisotopic (exact) mass is 256 g/mol. The Balaban J connectivity index is 2.30. The smallest absolute Gasteiger partial charge is 0.334 e. The number of halogens is 1. The number of hydrogen-bond acceptors (Lipinski definition) is 2. The Morgan fingerprint density at radius 2 is 2.21 bits per heavy atom. The second-order valence-electron chi connectivity index (χ2n) is 3.97. The highest BCUT2D eigenvalue weighted by Gasteiger charge is 2.44. The van der Waals surface area contributed by atoms with E-state index >= 15 is 0 Å². The molecule has 76 valence electrons. The van der Waals surface area contributed by atoms with Gasteiger partial charge in [0.2, 0.25) is 0 Å². The van der Waals surface area contributed by atoms with Crippen LogP contribution in [0.15, 0.2) is 22.2 Å². The largest absolute Gasteiger partial charge is 0.466 e. The highest BCUT2D eigenvalue weighted by atomic mass is 79.9. The first-order valence-corrected chi connectivity index (χ1v) is 5.60. The number of rotatable bonds is 1. The molecule has 3 aliphatic rings. The molecule has 1 fully saturated rings. The molecule has 0 saturated heterocycles. The van der Waals surface area contributed by atoms with Gasteiger partial charge in [0.05, 0.1) is 7.11 Å². The molecule has 14 heavy (non-hydrogen) atoms. The molecule has 3 aliphatic carbocycles. The highest BCUT2D eigenvalue weighted by molar-refractivity contribution is 9.11. The minimum Gasteiger partial charge on any atom is -0.466 e.